The molecule has 0 aromatic heterocycles. The Bertz CT molecular complexity index is 333. The number of aliphatic hydroxyl groups excluding tert-OH is 1. The molecule has 1 rings (SSSR count). The first-order valence-electron chi connectivity index (χ1n) is 6.37. The number of halogens is 1. The maximum Gasteiger partial charge on any atom is 0.123 e. The predicted octanol–water partition coefficient (Wildman–Crippen LogP) is 3.81. The lowest BCUT2D eigenvalue weighted by Crippen LogP contribution is -1.96. The zero-order chi connectivity index (χ0) is 14.1. The number of hydrogen-bond acceptors (Lipinski definition) is 2. The molecular weight excluding hydrogens is 231 g/mol. The van der Waals surface area contributed by atoms with Crippen LogP contribution < -0.4 is 4.74 Å². The summed E-state index contributed by atoms with van der Waals surface area (Å²) in [7, 11) is 1.62. The van der Waals surface area contributed by atoms with Gasteiger partial charge in [0, 0.05) is 6.10 Å². The quantitative estimate of drug-likeness (QED) is 0.887. The van der Waals surface area contributed by atoms with E-state index < -0.39 is 0 Å². The molecule has 0 radical (unpaired) electrons. The Morgan fingerprint density at radius 2 is 1.78 bits per heavy atom. The van der Waals surface area contributed by atoms with Gasteiger partial charge in [-0.1, -0.05) is 13.8 Å². The van der Waals surface area contributed by atoms with Gasteiger partial charge in [0.25, 0.3) is 0 Å². The fraction of sp³-hybridized carbons (Fsp3) is 0.600. The van der Waals surface area contributed by atoms with Gasteiger partial charge < -0.3 is 9.84 Å². The molecule has 0 amide bonds. The lowest BCUT2D eigenvalue weighted by molar-refractivity contribution is 0.216. The van der Waals surface area contributed by atoms with Gasteiger partial charge >= 0.3 is 0 Å². The van der Waals surface area contributed by atoms with Crippen LogP contribution in [0.2, 0.25) is 0 Å². The molecule has 0 saturated carbocycles. The van der Waals surface area contributed by atoms with Gasteiger partial charge in [0.2, 0.25) is 0 Å². The van der Waals surface area contributed by atoms with E-state index in [2.05, 4.69) is 13.8 Å². The van der Waals surface area contributed by atoms with E-state index in [-0.39, 0.29) is 11.9 Å². The normalized spacial score (nSPS) is 10.3. The van der Waals surface area contributed by atoms with Crippen molar-refractivity contribution in [2.24, 2.45) is 5.92 Å². The summed E-state index contributed by atoms with van der Waals surface area (Å²) >= 11 is 0. The van der Waals surface area contributed by atoms with E-state index in [1.165, 1.54) is 6.07 Å². The van der Waals surface area contributed by atoms with Crippen LogP contribution in [-0.2, 0) is 6.42 Å². The van der Waals surface area contributed by atoms with Gasteiger partial charge in [-0.05, 0) is 56.4 Å². The highest BCUT2D eigenvalue weighted by atomic mass is 19.1. The SMILES string of the molecule is CC(C)O.COc1ccc(F)cc1CCC(C)C. The Balaban J connectivity index is 0.000000631. The maximum absolute atomic E-state index is 13.0. The second kappa shape index (κ2) is 8.92. The molecule has 0 aliphatic rings. The second-order valence-electron chi connectivity index (χ2n) is 4.98. The summed E-state index contributed by atoms with van der Waals surface area (Å²) in [4.78, 5) is 0. The molecule has 0 unspecified atom stereocenters. The minimum absolute atomic E-state index is 0.167. The van der Waals surface area contributed by atoms with Crippen molar-refractivity contribution >= 4 is 0 Å². The van der Waals surface area contributed by atoms with Gasteiger partial charge in [-0.3, -0.25) is 0 Å². The Hall–Kier alpha value is -1.09. The van der Waals surface area contributed by atoms with Gasteiger partial charge in [-0.25, -0.2) is 4.39 Å². The molecule has 1 aromatic rings. The van der Waals surface area contributed by atoms with E-state index in [1.54, 1.807) is 33.1 Å². The topological polar surface area (TPSA) is 29.5 Å². The lowest BCUT2D eigenvalue weighted by atomic mass is 10.0. The van der Waals surface area contributed by atoms with Crippen LogP contribution in [0.25, 0.3) is 0 Å². The van der Waals surface area contributed by atoms with Crippen LogP contribution in [0.15, 0.2) is 18.2 Å². The van der Waals surface area contributed by atoms with Gasteiger partial charge in [0.15, 0.2) is 0 Å². The van der Waals surface area contributed by atoms with Crippen LogP contribution in [-0.4, -0.2) is 18.3 Å². The van der Waals surface area contributed by atoms with Crippen LogP contribution >= 0.6 is 0 Å². The number of methoxy groups -OCH3 is 1. The summed E-state index contributed by atoms with van der Waals surface area (Å²) in [6.07, 6.45) is 1.76. The van der Waals surface area contributed by atoms with Crippen molar-refractivity contribution in [3.05, 3.63) is 29.6 Å². The van der Waals surface area contributed by atoms with Crippen molar-refractivity contribution in [1.29, 1.82) is 0 Å². The summed E-state index contributed by atoms with van der Waals surface area (Å²) in [5.41, 5.74) is 0.959. The molecular formula is C15H25FO2. The van der Waals surface area contributed by atoms with Crippen molar-refractivity contribution in [1.82, 2.24) is 0 Å². The van der Waals surface area contributed by atoms with E-state index in [9.17, 15) is 4.39 Å². The molecule has 0 bridgehead atoms. The lowest BCUT2D eigenvalue weighted by Gasteiger charge is -2.09. The number of hydrogen-bond donors (Lipinski definition) is 1. The molecule has 0 atom stereocenters. The zero-order valence-corrected chi connectivity index (χ0v) is 12.0. The van der Waals surface area contributed by atoms with E-state index >= 15 is 0 Å². The largest absolute Gasteiger partial charge is 0.496 e. The second-order valence-corrected chi connectivity index (χ2v) is 4.98. The minimum Gasteiger partial charge on any atom is -0.496 e. The van der Waals surface area contributed by atoms with E-state index in [0.29, 0.717) is 5.92 Å². The molecule has 0 heterocycles. The molecule has 0 fully saturated rings. The number of rotatable bonds is 4. The maximum atomic E-state index is 13.0. The van der Waals surface area contributed by atoms with Crippen LogP contribution in [0.4, 0.5) is 4.39 Å². The van der Waals surface area contributed by atoms with Gasteiger partial charge in [-0.15, -0.1) is 0 Å². The van der Waals surface area contributed by atoms with E-state index in [4.69, 9.17) is 9.84 Å². The number of benzene rings is 1. The van der Waals surface area contributed by atoms with Crippen molar-refractivity contribution in [3.63, 3.8) is 0 Å². The highest BCUT2D eigenvalue weighted by Gasteiger charge is 2.05. The van der Waals surface area contributed by atoms with Crippen molar-refractivity contribution in [2.75, 3.05) is 7.11 Å². The van der Waals surface area contributed by atoms with Gasteiger partial charge in [0.05, 0.1) is 7.11 Å². The van der Waals surface area contributed by atoms with Crippen LogP contribution in [0.5, 0.6) is 5.75 Å². The molecule has 0 aliphatic heterocycles. The summed E-state index contributed by atoms with van der Waals surface area (Å²) in [6.45, 7) is 7.76. The van der Waals surface area contributed by atoms with Gasteiger partial charge in [0.1, 0.15) is 11.6 Å². The first-order valence-corrected chi connectivity index (χ1v) is 6.37. The predicted molar refractivity (Wildman–Crippen MR) is 73.5 cm³/mol. The van der Waals surface area contributed by atoms with Crippen LogP contribution in [0, 0.1) is 11.7 Å². The monoisotopic (exact) mass is 256 g/mol. The molecule has 1 aromatic carbocycles. The summed E-state index contributed by atoms with van der Waals surface area (Å²) in [6, 6.07) is 4.67. The smallest absolute Gasteiger partial charge is 0.123 e. The number of aryl methyl sites for hydroxylation is 1. The van der Waals surface area contributed by atoms with E-state index in [1.807, 2.05) is 0 Å². The van der Waals surface area contributed by atoms with Gasteiger partial charge in [-0.2, -0.15) is 0 Å². The molecule has 0 saturated heterocycles. The van der Waals surface area contributed by atoms with Crippen molar-refractivity contribution < 1.29 is 14.2 Å². The molecule has 18 heavy (non-hydrogen) atoms. The standard InChI is InChI=1S/C12H17FO.C3H8O/c1-9(2)4-5-10-8-11(13)6-7-12(10)14-3;1-3(2)4/h6-9H,4-5H2,1-3H3;3-4H,1-2H3. The van der Waals surface area contributed by atoms with E-state index in [0.717, 1.165) is 24.2 Å². The third kappa shape index (κ3) is 8.07. The highest BCUT2D eigenvalue weighted by Crippen LogP contribution is 2.21. The number of ether oxygens (including phenoxy) is 1. The average molecular weight is 256 g/mol. The van der Waals surface area contributed by atoms with Crippen LogP contribution in [0.1, 0.15) is 39.7 Å². The average Bonchev–Trinajstić information content (AvgIpc) is 2.25. The minimum atomic E-state index is -0.190. The molecule has 3 heteroatoms. The summed E-state index contributed by atoms with van der Waals surface area (Å²) in [5, 5.41) is 8.06. The Morgan fingerprint density at radius 3 is 2.22 bits per heavy atom. The first kappa shape index (κ1) is 16.9. The third-order valence-corrected chi connectivity index (χ3v) is 2.23. The summed E-state index contributed by atoms with van der Waals surface area (Å²) in [5.74, 6) is 1.22. The molecule has 0 spiro atoms. The fourth-order valence-electron chi connectivity index (χ4n) is 1.39. The molecule has 1 N–H and O–H groups in total. The van der Waals surface area contributed by atoms with Crippen molar-refractivity contribution in [2.45, 2.75) is 46.6 Å². The Labute approximate surface area is 110 Å². The van der Waals surface area contributed by atoms with Crippen molar-refractivity contribution in [3.8, 4) is 5.75 Å². The fourth-order valence-corrected chi connectivity index (χ4v) is 1.39. The Morgan fingerprint density at radius 1 is 1.22 bits per heavy atom. The third-order valence-electron chi connectivity index (χ3n) is 2.23. The summed E-state index contributed by atoms with van der Waals surface area (Å²) < 4.78 is 18.1. The Kier molecular flexibility index (Phi) is 8.38. The highest BCUT2D eigenvalue weighted by molar-refractivity contribution is 5.33. The molecule has 0 aliphatic carbocycles. The molecule has 2 nitrogen and oxygen atoms in total. The first-order chi connectivity index (χ1) is 8.36. The molecule has 104 valence electrons. The number of aliphatic hydroxyl groups is 1. The van der Waals surface area contributed by atoms with Crippen LogP contribution in [0.3, 0.4) is 0 Å². The zero-order valence-electron chi connectivity index (χ0n) is 12.0.